The van der Waals surface area contributed by atoms with E-state index in [9.17, 15) is 9.18 Å². The minimum Gasteiger partial charge on any atom is -0.493 e. The molecule has 0 aliphatic carbocycles. The third kappa shape index (κ3) is 5.84. The van der Waals surface area contributed by atoms with Crippen molar-refractivity contribution in [3.63, 3.8) is 0 Å². The van der Waals surface area contributed by atoms with Gasteiger partial charge >= 0.3 is 0 Å². The van der Waals surface area contributed by atoms with Crippen LogP contribution in [0.3, 0.4) is 0 Å². The Labute approximate surface area is 171 Å². The topological polar surface area (TPSA) is 45.3 Å². The number of nitrogens with zero attached hydrogens (tertiary/aromatic N) is 3. The third-order valence-corrected chi connectivity index (χ3v) is 5.03. The van der Waals surface area contributed by atoms with E-state index in [1.807, 2.05) is 41.1 Å². The molecule has 3 rings (SSSR count). The number of benzene rings is 2. The maximum Gasteiger partial charge on any atom is 0.236 e. The van der Waals surface area contributed by atoms with Gasteiger partial charge < -0.3 is 19.3 Å². The number of ether oxygens (including phenoxy) is 2. The van der Waals surface area contributed by atoms with Crippen LogP contribution in [0.1, 0.15) is 0 Å². The molecule has 0 bridgehead atoms. The quantitative estimate of drug-likeness (QED) is 0.680. The first-order valence-electron chi connectivity index (χ1n) is 9.79. The lowest BCUT2D eigenvalue weighted by Gasteiger charge is -2.36. The lowest BCUT2D eigenvalue weighted by Crippen LogP contribution is -2.51. The van der Waals surface area contributed by atoms with Crippen molar-refractivity contribution >= 4 is 11.6 Å². The molecule has 29 heavy (non-hydrogen) atoms. The fraction of sp³-hybridized carbons (Fsp3) is 0.409. The molecule has 1 saturated heterocycles. The molecule has 156 valence electrons. The predicted molar refractivity (Wildman–Crippen MR) is 111 cm³/mol. The van der Waals surface area contributed by atoms with Crippen LogP contribution in [0.2, 0.25) is 0 Å². The Balaban J connectivity index is 1.39. The van der Waals surface area contributed by atoms with Crippen LogP contribution in [-0.4, -0.2) is 75.7 Å². The van der Waals surface area contributed by atoms with E-state index in [4.69, 9.17) is 9.47 Å². The summed E-state index contributed by atoms with van der Waals surface area (Å²) in [6.45, 7) is 4.30. The molecule has 0 atom stereocenters. The zero-order valence-electron chi connectivity index (χ0n) is 17.0. The Kier molecular flexibility index (Phi) is 7.30. The van der Waals surface area contributed by atoms with Crippen LogP contribution in [0.5, 0.6) is 11.5 Å². The molecular formula is C22H28FN3O3. The Bertz CT molecular complexity index is 792. The number of piperazine rings is 1. The van der Waals surface area contributed by atoms with Gasteiger partial charge in [0.15, 0.2) is 11.5 Å². The molecule has 7 heteroatoms. The highest BCUT2D eigenvalue weighted by Crippen LogP contribution is 2.25. The average molecular weight is 401 g/mol. The summed E-state index contributed by atoms with van der Waals surface area (Å²) in [5.41, 5.74) is 0.990. The van der Waals surface area contributed by atoms with E-state index in [0.29, 0.717) is 44.3 Å². The third-order valence-electron chi connectivity index (χ3n) is 5.03. The number of rotatable bonds is 8. The van der Waals surface area contributed by atoms with Crippen LogP contribution in [0.25, 0.3) is 0 Å². The molecule has 0 saturated carbocycles. The number of hydrogen-bond donors (Lipinski definition) is 0. The summed E-state index contributed by atoms with van der Waals surface area (Å²) in [4.78, 5) is 18.6. The molecule has 0 radical (unpaired) electrons. The number of likely N-dealkylation sites (N-methyl/N-ethyl adjacent to an activating group) is 1. The van der Waals surface area contributed by atoms with Gasteiger partial charge in [0.05, 0.1) is 13.7 Å². The van der Waals surface area contributed by atoms with Crippen LogP contribution in [0.15, 0.2) is 48.5 Å². The second-order valence-corrected chi connectivity index (χ2v) is 7.08. The SMILES string of the molecule is COc1ccccc1OCCN(C)CC(=O)N1CCN(c2ccc(F)cc2)CC1. The molecule has 2 aromatic rings. The van der Waals surface area contributed by atoms with Gasteiger partial charge in [-0.2, -0.15) is 0 Å². The Morgan fingerprint density at radius 3 is 2.34 bits per heavy atom. The van der Waals surface area contributed by atoms with Crippen LogP contribution in [0.4, 0.5) is 10.1 Å². The van der Waals surface area contributed by atoms with Crippen molar-refractivity contribution in [1.82, 2.24) is 9.80 Å². The molecule has 0 unspecified atom stereocenters. The second kappa shape index (κ2) is 10.1. The maximum atomic E-state index is 13.1. The van der Waals surface area contributed by atoms with Gasteiger partial charge in [0.25, 0.3) is 0 Å². The number of para-hydroxylation sites is 2. The smallest absolute Gasteiger partial charge is 0.236 e. The number of halogens is 1. The van der Waals surface area contributed by atoms with Gasteiger partial charge in [0, 0.05) is 38.4 Å². The second-order valence-electron chi connectivity index (χ2n) is 7.08. The van der Waals surface area contributed by atoms with Crippen molar-refractivity contribution in [3.05, 3.63) is 54.3 Å². The van der Waals surface area contributed by atoms with Gasteiger partial charge in [0.2, 0.25) is 5.91 Å². The van der Waals surface area contributed by atoms with E-state index >= 15 is 0 Å². The number of methoxy groups -OCH3 is 1. The number of hydrogen-bond acceptors (Lipinski definition) is 5. The van der Waals surface area contributed by atoms with E-state index in [0.717, 1.165) is 18.8 Å². The normalized spacial score (nSPS) is 14.2. The lowest BCUT2D eigenvalue weighted by molar-refractivity contribution is -0.132. The van der Waals surface area contributed by atoms with E-state index < -0.39 is 0 Å². The summed E-state index contributed by atoms with van der Waals surface area (Å²) >= 11 is 0. The summed E-state index contributed by atoms with van der Waals surface area (Å²) in [6.07, 6.45) is 0. The zero-order valence-corrected chi connectivity index (χ0v) is 17.0. The Morgan fingerprint density at radius 1 is 1.03 bits per heavy atom. The highest BCUT2D eigenvalue weighted by molar-refractivity contribution is 5.78. The highest BCUT2D eigenvalue weighted by Gasteiger charge is 2.22. The minimum absolute atomic E-state index is 0.114. The predicted octanol–water partition coefficient (Wildman–Crippen LogP) is 2.49. The molecule has 1 fully saturated rings. The average Bonchev–Trinajstić information content (AvgIpc) is 2.74. The largest absolute Gasteiger partial charge is 0.493 e. The standard InChI is InChI=1S/C22H28FN3O3/c1-24(15-16-29-21-6-4-3-5-20(21)28-2)17-22(27)26-13-11-25(12-14-26)19-9-7-18(23)8-10-19/h3-10H,11-17H2,1-2H3. The summed E-state index contributed by atoms with van der Waals surface area (Å²) in [6, 6.07) is 14.0. The molecule has 1 aliphatic heterocycles. The minimum atomic E-state index is -0.236. The first-order valence-corrected chi connectivity index (χ1v) is 9.79. The van der Waals surface area contributed by atoms with Gasteiger partial charge in [-0.1, -0.05) is 12.1 Å². The fourth-order valence-corrected chi connectivity index (χ4v) is 3.33. The lowest BCUT2D eigenvalue weighted by atomic mass is 10.2. The Morgan fingerprint density at radius 2 is 1.69 bits per heavy atom. The molecule has 0 spiro atoms. The van der Waals surface area contributed by atoms with Crippen molar-refractivity contribution in [2.24, 2.45) is 0 Å². The summed E-state index contributed by atoms with van der Waals surface area (Å²) in [7, 11) is 3.53. The monoisotopic (exact) mass is 401 g/mol. The first kappa shape index (κ1) is 20.9. The highest BCUT2D eigenvalue weighted by atomic mass is 19.1. The number of carbonyl (C=O) groups excluding carboxylic acids is 1. The number of carbonyl (C=O) groups is 1. The Hall–Kier alpha value is -2.80. The van der Waals surface area contributed by atoms with Crippen molar-refractivity contribution in [2.75, 3.05) is 64.9 Å². The van der Waals surface area contributed by atoms with Crippen LogP contribution in [0, 0.1) is 5.82 Å². The maximum absolute atomic E-state index is 13.1. The van der Waals surface area contributed by atoms with E-state index in [-0.39, 0.29) is 11.7 Å². The summed E-state index contributed by atoms with van der Waals surface area (Å²) in [5.74, 6) is 1.28. The van der Waals surface area contributed by atoms with Crippen LogP contribution >= 0.6 is 0 Å². The molecule has 6 nitrogen and oxygen atoms in total. The van der Waals surface area contributed by atoms with Crippen LogP contribution < -0.4 is 14.4 Å². The fourth-order valence-electron chi connectivity index (χ4n) is 3.33. The number of amides is 1. The molecule has 0 N–H and O–H groups in total. The molecular weight excluding hydrogens is 373 g/mol. The molecule has 1 heterocycles. The van der Waals surface area contributed by atoms with Gasteiger partial charge in [-0.15, -0.1) is 0 Å². The van der Waals surface area contributed by atoms with Gasteiger partial charge in [-0.05, 0) is 43.4 Å². The van der Waals surface area contributed by atoms with E-state index in [2.05, 4.69) is 4.90 Å². The molecule has 2 aromatic carbocycles. The van der Waals surface area contributed by atoms with Crippen molar-refractivity contribution in [3.8, 4) is 11.5 Å². The molecule has 1 amide bonds. The van der Waals surface area contributed by atoms with Crippen LogP contribution in [-0.2, 0) is 4.79 Å². The zero-order chi connectivity index (χ0) is 20.6. The van der Waals surface area contributed by atoms with Gasteiger partial charge in [-0.25, -0.2) is 4.39 Å². The molecule has 0 aromatic heterocycles. The summed E-state index contributed by atoms with van der Waals surface area (Å²) in [5, 5.41) is 0. The summed E-state index contributed by atoms with van der Waals surface area (Å²) < 4.78 is 24.1. The first-order chi connectivity index (χ1) is 14.1. The van der Waals surface area contributed by atoms with Crippen molar-refractivity contribution in [1.29, 1.82) is 0 Å². The van der Waals surface area contributed by atoms with E-state index in [1.165, 1.54) is 12.1 Å². The molecule has 1 aliphatic rings. The van der Waals surface area contributed by atoms with Gasteiger partial charge in [0.1, 0.15) is 12.4 Å². The van der Waals surface area contributed by atoms with E-state index in [1.54, 1.807) is 19.2 Å². The van der Waals surface area contributed by atoms with Crippen molar-refractivity contribution in [2.45, 2.75) is 0 Å². The van der Waals surface area contributed by atoms with Crippen molar-refractivity contribution < 1.29 is 18.7 Å². The number of anilines is 1. The van der Waals surface area contributed by atoms with Gasteiger partial charge in [-0.3, -0.25) is 9.69 Å².